The Labute approximate surface area is 156 Å². The number of hydrogen-bond acceptors (Lipinski definition) is 4. The molecule has 1 aromatic carbocycles. The number of anilines is 1. The molecule has 1 fully saturated rings. The van der Waals surface area contributed by atoms with E-state index in [0.29, 0.717) is 31.0 Å². The van der Waals surface area contributed by atoms with Gasteiger partial charge in [-0.05, 0) is 38.8 Å². The van der Waals surface area contributed by atoms with Gasteiger partial charge in [0.25, 0.3) is 0 Å². The zero-order chi connectivity index (χ0) is 19.6. The highest BCUT2D eigenvalue weighted by Crippen LogP contribution is 2.56. The van der Waals surface area contributed by atoms with Crippen molar-refractivity contribution in [2.45, 2.75) is 26.7 Å². The SMILES string of the molecule is C=CC[C@]1(COc2cnc(C)nc2C)CC1C(=O)Nc1ccc(F)cc1F. The lowest BCUT2D eigenvalue weighted by molar-refractivity contribution is -0.118. The number of aromatic nitrogens is 2. The number of allylic oxidation sites excluding steroid dienone is 1. The van der Waals surface area contributed by atoms with Crippen molar-refractivity contribution in [3.63, 3.8) is 0 Å². The van der Waals surface area contributed by atoms with Crippen molar-refractivity contribution in [3.8, 4) is 5.75 Å². The lowest BCUT2D eigenvalue weighted by Gasteiger charge is -2.17. The summed E-state index contributed by atoms with van der Waals surface area (Å²) in [5.41, 5.74) is 0.287. The molecule has 0 radical (unpaired) electrons. The van der Waals surface area contributed by atoms with Gasteiger partial charge in [0.15, 0.2) is 5.75 Å². The van der Waals surface area contributed by atoms with Crippen LogP contribution >= 0.6 is 0 Å². The molecule has 2 aromatic rings. The molecule has 1 N–H and O–H groups in total. The van der Waals surface area contributed by atoms with Crippen LogP contribution in [-0.2, 0) is 4.79 Å². The summed E-state index contributed by atoms with van der Waals surface area (Å²) in [6, 6.07) is 3.05. The Kier molecular flexibility index (Phi) is 5.21. The van der Waals surface area contributed by atoms with E-state index in [4.69, 9.17) is 4.74 Å². The van der Waals surface area contributed by atoms with Crippen LogP contribution in [0.3, 0.4) is 0 Å². The van der Waals surface area contributed by atoms with Gasteiger partial charge in [-0.25, -0.2) is 18.7 Å². The number of carbonyl (C=O) groups excluding carboxylic acids is 1. The lowest BCUT2D eigenvalue weighted by Crippen LogP contribution is -2.23. The molecule has 1 aliphatic rings. The fourth-order valence-electron chi connectivity index (χ4n) is 3.20. The maximum absolute atomic E-state index is 13.8. The highest BCUT2D eigenvalue weighted by Gasteiger charge is 2.58. The molecule has 1 aromatic heterocycles. The van der Waals surface area contributed by atoms with Crippen LogP contribution < -0.4 is 10.1 Å². The van der Waals surface area contributed by atoms with Gasteiger partial charge in [0.05, 0.1) is 24.2 Å². The Hall–Kier alpha value is -2.83. The molecule has 1 saturated carbocycles. The normalized spacial score (nSPS) is 20.8. The Balaban J connectivity index is 1.67. The summed E-state index contributed by atoms with van der Waals surface area (Å²) < 4.78 is 32.6. The Morgan fingerprint density at radius 2 is 2.22 bits per heavy atom. The van der Waals surface area contributed by atoms with E-state index in [2.05, 4.69) is 21.9 Å². The van der Waals surface area contributed by atoms with E-state index < -0.39 is 17.0 Å². The molecule has 1 aliphatic carbocycles. The Morgan fingerprint density at radius 3 is 2.89 bits per heavy atom. The number of ether oxygens (including phenoxy) is 1. The van der Waals surface area contributed by atoms with E-state index in [-0.39, 0.29) is 17.5 Å². The third-order valence-electron chi connectivity index (χ3n) is 4.82. The van der Waals surface area contributed by atoms with Crippen LogP contribution in [0, 0.1) is 36.8 Å². The number of benzene rings is 1. The summed E-state index contributed by atoms with van der Waals surface area (Å²) in [5.74, 6) is -0.927. The number of amides is 1. The van der Waals surface area contributed by atoms with E-state index in [9.17, 15) is 13.6 Å². The molecule has 0 bridgehead atoms. The first kappa shape index (κ1) is 18.9. The molecule has 1 unspecified atom stereocenters. The number of rotatable bonds is 7. The number of hydrogen-bond donors (Lipinski definition) is 1. The van der Waals surface area contributed by atoms with E-state index in [1.165, 1.54) is 6.07 Å². The number of halogens is 2. The van der Waals surface area contributed by atoms with E-state index >= 15 is 0 Å². The second-order valence-electron chi connectivity index (χ2n) is 6.88. The second-order valence-corrected chi connectivity index (χ2v) is 6.88. The summed E-state index contributed by atoms with van der Waals surface area (Å²) in [4.78, 5) is 20.9. The third kappa shape index (κ3) is 4.13. The second kappa shape index (κ2) is 7.42. The minimum atomic E-state index is -0.804. The van der Waals surface area contributed by atoms with Crippen molar-refractivity contribution >= 4 is 11.6 Å². The van der Waals surface area contributed by atoms with Crippen molar-refractivity contribution in [1.29, 1.82) is 0 Å². The van der Waals surface area contributed by atoms with Crippen LogP contribution in [-0.4, -0.2) is 22.5 Å². The van der Waals surface area contributed by atoms with Gasteiger partial charge < -0.3 is 10.1 Å². The van der Waals surface area contributed by atoms with Crippen LogP contribution in [0.25, 0.3) is 0 Å². The molecule has 2 atom stereocenters. The summed E-state index contributed by atoms with van der Waals surface area (Å²) in [7, 11) is 0. The predicted octanol–water partition coefficient (Wildman–Crippen LogP) is 3.97. The maximum Gasteiger partial charge on any atom is 0.228 e. The topological polar surface area (TPSA) is 64.1 Å². The first-order valence-electron chi connectivity index (χ1n) is 8.64. The molecule has 0 saturated heterocycles. The van der Waals surface area contributed by atoms with E-state index in [1.54, 1.807) is 19.2 Å². The van der Waals surface area contributed by atoms with Crippen molar-refractivity contribution in [2.24, 2.45) is 11.3 Å². The van der Waals surface area contributed by atoms with Crippen molar-refractivity contribution < 1.29 is 18.3 Å². The zero-order valence-electron chi connectivity index (χ0n) is 15.3. The quantitative estimate of drug-likeness (QED) is 0.746. The van der Waals surface area contributed by atoms with Crippen LogP contribution in [0.1, 0.15) is 24.4 Å². The lowest BCUT2D eigenvalue weighted by atomic mass is 10.00. The summed E-state index contributed by atoms with van der Waals surface area (Å²) >= 11 is 0. The molecule has 1 amide bonds. The number of nitrogens with one attached hydrogen (secondary N) is 1. The fourth-order valence-corrected chi connectivity index (χ4v) is 3.20. The van der Waals surface area contributed by atoms with Crippen molar-refractivity contribution in [1.82, 2.24) is 9.97 Å². The summed E-state index contributed by atoms with van der Waals surface area (Å²) in [6.45, 7) is 7.69. The number of nitrogens with zero attached hydrogens (tertiary/aromatic N) is 2. The van der Waals surface area contributed by atoms with Gasteiger partial charge in [-0.15, -0.1) is 6.58 Å². The molecule has 0 aliphatic heterocycles. The van der Waals surface area contributed by atoms with Gasteiger partial charge in [0, 0.05) is 17.4 Å². The standard InChI is InChI=1S/C20H21F2N3O2/c1-4-7-20(11-27-18-10-23-13(3)24-12(18)2)9-15(20)19(26)25-17-6-5-14(21)8-16(17)22/h4-6,8,10,15H,1,7,9,11H2,2-3H3,(H,25,26)/t15?,20-/m1/s1. The Morgan fingerprint density at radius 1 is 1.44 bits per heavy atom. The zero-order valence-corrected chi connectivity index (χ0v) is 15.3. The molecule has 1 heterocycles. The van der Waals surface area contributed by atoms with Crippen molar-refractivity contribution in [3.05, 3.63) is 60.2 Å². The fraction of sp³-hybridized carbons (Fsp3) is 0.350. The molecule has 142 valence electrons. The molecular weight excluding hydrogens is 352 g/mol. The highest BCUT2D eigenvalue weighted by molar-refractivity contribution is 5.95. The third-order valence-corrected chi connectivity index (χ3v) is 4.82. The minimum Gasteiger partial charge on any atom is -0.489 e. The predicted molar refractivity (Wildman–Crippen MR) is 97.3 cm³/mol. The maximum atomic E-state index is 13.8. The van der Waals surface area contributed by atoms with Gasteiger partial charge in [0.2, 0.25) is 5.91 Å². The van der Waals surface area contributed by atoms with E-state index in [0.717, 1.165) is 17.8 Å². The van der Waals surface area contributed by atoms with Crippen LogP contribution in [0.4, 0.5) is 14.5 Å². The van der Waals surface area contributed by atoms with Gasteiger partial charge in [-0.1, -0.05) is 6.08 Å². The number of carbonyl (C=O) groups is 1. The molecule has 3 rings (SSSR count). The summed E-state index contributed by atoms with van der Waals surface area (Å²) in [6.07, 6.45) is 4.54. The van der Waals surface area contributed by atoms with Crippen LogP contribution in [0.5, 0.6) is 5.75 Å². The highest BCUT2D eigenvalue weighted by atomic mass is 19.1. The molecule has 27 heavy (non-hydrogen) atoms. The first-order chi connectivity index (χ1) is 12.8. The van der Waals surface area contributed by atoms with Gasteiger partial charge in [-0.3, -0.25) is 4.79 Å². The van der Waals surface area contributed by atoms with Crippen molar-refractivity contribution in [2.75, 3.05) is 11.9 Å². The Bertz CT molecular complexity index is 888. The van der Waals surface area contributed by atoms with E-state index in [1.807, 2.05) is 6.92 Å². The molecule has 7 heteroatoms. The minimum absolute atomic E-state index is 0.0375. The van der Waals surface area contributed by atoms with Crippen LogP contribution in [0.2, 0.25) is 0 Å². The molecule has 0 spiro atoms. The molecule has 5 nitrogen and oxygen atoms in total. The first-order valence-corrected chi connectivity index (χ1v) is 8.64. The average Bonchev–Trinajstić information content (AvgIpc) is 3.31. The molecular formula is C20H21F2N3O2. The monoisotopic (exact) mass is 373 g/mol. The largest absolute Gasteiger partial charge is 0.489 e. The van der Waals surface area contributed by atoms with Crippen LogP contribution in [0.15, 0.2) is 37.1 Å². The van der Waals surface area contributed by atoms with Gasteiger partial charge >= 0.3 is 0 Å². The average molecular weight is 373 g/mol. The summed E-state index contributed by atoms with van der Waals surface area (Å²) in [5, 5.41) is 2.53. The smallest absolute Gasteiger partial charge is 0.228 e. The van der Waals surface area contributed by atoms with Gasteiger partial charge in [-0.2, -0.15) is 0 Å². The number of aryl methyl sites for hydroxylation is 2. The van der Waals surface area contributed by atoms with Gasteiger partial charge in [0.1, 0.15) is 17.5 Å².